The molecule has 1 aromatic rings. The Bertz CT molecular complexity index is 344. The molecule has 0 spiro atoms. The molecule has 1 heterocycles. The van der Waals surface area contributed by atoms with Gasteiger partial charge in [-0.05, 0) is 30.9 Å². The van der Waals surface area contributed by atoms with Crippen molar-refractivity contribution < 1.29 is 4.74 Å². The number of nitrogens with one attached hydrogen (secondary N) is 1. The molecule has 0 saturated heterocycles. The molecule has 3 nitrogen and oxygen atoms in total. The van der Waals surface area contributed by atoms with Crippen LogP contribution in [0, 0.1) is 0 Å². The number of aryl methyl sites for hydroxylation is 2. The monoisotopic (exact) mass is 240 g/mol. The Labute approximate surface area is 101 Å². The van der Waals surface area contributed by atoms with Crippen molar-refractivity contribution in [3.63, 3.8) is 0 Å². The molecular weight excluding hydrogens is 224 g/mol. The molecule has 1 aliphatic rings. The van der Waals surface area contributed by atoms with Crippen LogP contribution in [0.2, 0.25) is 0 Å². The van der Waals surface area contributed by atoms with Gasteiger partial charge in [0.2, 0.25) is 0 Å². The van der Waals surface area contributed by atoms with E-state index in [1.807, 2.05) is 6.07 Å². The van der Waals surface area contributed by atoms with Gasteiger partial charge in [-0.15, -0.1) is 11.6 Å². The van der Waals surface area contributed by atoms with Gasteiger partial charge in [0.25, 0.3) is 0 Å². The largest absolute Gasteiger partial charge is 0.378 e. The molecule has 1 N–H and O–H groups in total. The molecule has 0 unspecified atom stereocenters. The molecular formula is C12H17ClN2O. The quantitative estimate of drug-likeness (QED) is 0.612. The number of rotatable bonds is 6. The van der Waals surface area contributed by atoms with Gasteiger partial charge in [-0.3, -0.25) is 0 Å². The van der Waals surface area contributed by atoms with Gasteiger partial charge in [-0.1, -0.05) is 6.07 Å². The molecule has 88 valence electrons. The molecule has 0 amide bonds. The van der Waals surface area contributed by atoms with Crippen LogP contribution in [0.5, 0.6) is 0 Å². The summed E-state index contributed by atoms with van der Waals surface area (Å²) in [6.45, 7) is 2.06. The van der Waals surface area contributed by atoms with Gasteiger partial charge in [0.05, 0.1) is 13.2 Å². The highest BCUT2D eigenvalue weighted by molar-refractivity contribution is 6.17. The molecule has 0 aliphatic heterocycles. The highest BCUT2D eigenvalue weighted by Crippen LogP contribution is 2.21. The lowest BCUT2D eigenvalue weighted by atomic mass is 10.2. The SMILES string of the molecule is ClCCOCCNc1ccc2c(n1)CCC2. The van der Waals surface area contributed by atoms with Crippen LogP contribution in [-0.2, 0) is 17.6 Å². The van der Waals surface area contributed by atoms with E-state index in [9.17, 15) is 0 Å². The van der Waals surface area contributed by atoms with Crippen molar-refractivity contribution in [1.82, 2.24) is 4.98 Å². The second-order valence-corrected chi connectivity index (χ2v) is 4.26. The summed E-state index contributed by atoms with van der Waals surface area (Å²) in [4.78, 5) is 4.58. The summed E-state index contributed by atoms with van der Waals surface area (Å²) in [5.74, 6) is 1.51. The van der Waals surface area contributed by atoms with Crippen molar-refractivity contribution in [2.45, 2.75) is 19.3 Å². The predicted molar refractivity (Wildman–Crippen MR) is 66.3 cm³/mol. The lowest BCUT2D eigenvalue weighted by molar-refractivity contribution is 0.160. The fourth-order valence-corrected chi connectivity index (χ4v) is 2.04. The first kappa shape index (κ1) is 11.7. The molecule has 0 radical (unpaired) electrons. The molecule has 2 rings (SSSR count). The number of anilines is 1. The molecule has 1 aromatic heterocycles. The third kappa shape index (κ3) is 3.09. The smallest absolute Gasteiger partial charge is 0.126 e. The zero-order valence-corrected chi connectivity index (χ0v) is 10.1. The molecule has 0 bridgehead atoms. The summed E-state index contributed by atoms with van der Waals surface area (Å²) >= 11 is 5.50. The number of ether oxygens (including phenoxy) is 1. The molecule has 0 fully saturated rings. The van der Waals surface area contributed by atoms with E-state index in [-0.39, 0.29) is 0 Å². The fourth-order valence-electron chi connectivity index (χ4n) is 1.93. The third-order valence-corrected chi connectivity index (χ3v) is 2.86. The van der Waals surface area contributed by atoms with Crippen LogP contribution >= 0.6 is 11.6 Å². The van der Waals surface area contributed by atoms with E-state index in [2.05, 4.69) is 16.4 Å². The first-order valence-corrected chi connectivity index (χ1v) is 6.30. The van der Waals surface area contributed by atoms with E-state index in [4.69, 9.17) is 16.3 Å². The van der Waals surface area contributed by atoms with E-state index in [0.29, 0.717) is 19.1 Å². The first-order valence-electron chi connectivity index (χ1n) is 5.76. The lowest BCUT2D eigenvalue weighted by Crippen LogP contribution is -2.11. The molecule has 0 atom stereocenters. The van der Waals surface area contributed by atoms with Crippen molar-refractivity contribution in [2.24, 2.45) is 0 Å². The summed E-state index contributed by atoms with van der Waals surface area (Å²) in [5.41, 5.74) is 2.66. The lowest BCUT2D eigenvalue weighted by Gasteiger charge is -2.07. The first-order chi connectivity index (χ1) is 7.90. The van der Waals surface area contributed by atoms with Gasteiger partial charge in [-0.25, -0.2) is 4.98 Å². The Hall–Kier alpha value is -0.800. The second kappa shape index (κ2) is 6.06. The van der Waals surface area contributed by atoms with E-state index >= 15 is 0 Å². The number of fused-ring (bicyclic) bond motifs is 1. The van der Waals surface area contributed by atoms with E-state index in [0.717, 1.165) is 18.8 Å². The van der Waals surface area contributed by atoms with Gasteiger partial charge in [0.1, 0.15) is 5.82 Å². The predicted octanol–water partition coefficient (Wildman–Crippen LogP) is 2.24. The maximum absolute atomic E-state index is 5.50. The van der Waals surface area contributed by atoms with Crippen LogP contribution in [-0.4, -0.2) is 30.6 Å². The Morgan fingerprint density at radius 1 is 1.31 bits per heavy atom. The van der Waals surface area contributed by atoms with E-state index in [1.165, 1.54) is 24.1 Å². The van der Waals surface area contributed by atoms with Crippen molar-refractivity contribution in [2.75, 3.05) is 31.0 Å². The van der Waals surface area contributed by atoms with Gasteiger partial charge in [0.15, 0.2) is 0 Å². The van der Waals surface area contributed by atoms with Crippen LogP contribution in [0.4, 0.5) is 5.82 Å². The van der Waals surface area contributed by atoms with Crippen molar-refractivity contribution in [1.29, 1.82) is 0 Å². The minimum atomic E-state index is 0.553. The second-order valence-electron chi connectivity index (χ2n) is 3.88. The topological polar surface area (TPSA) is 34.1 Å². The third-order valence-electron chi connectivity index (χ3n) is 2.70. The van der Waals surface area contributed by atoms with Gasteiger partial charge in [-0.2, -0.15) is 0 Å². The van der Waals surface area contributed by atoms with Crippen molar-refractivity contribution in [3.05, 3.63) is 23.4 Å². The van der Waals surface area contributed by atoms with Crippen molar-refractivity contribution in [3.8, 4) is 0 Å². The Kier molecular flexibility index (Phi) is 4.43. The van der Waals surface area contributed by atoms with Crippen LogP contribution < -0.4 is 5.32 Å². The zero-order chi connectivity index (χ0) is 11.2. The number of pyridine rings is 1. The standard InChI is InChI=1S/C12H17ClN2O/c13-6-8-16-9-7-14-12-5-4-10-2-1-3-11(10)15-12/h4-5H,1-3,6-9H2,(H,14,15). The number of halogens is 1. The Morgan fingerprint density at radius 2 is 2.25 bits per heavy atom. The highest BCUT2D eigenvalue weighted by Gasteiger charge is 2.11. The molecule has 0 saturated carbocycles. The average molecular weight is 241 g/mol. The van der Waals surface area contributed by atoms with Crippen molar-refractivity contribution >= 4 is 17.4 Å². The summed E-state index contributed by atoms with van der Waals surface area (Å²) in [5, 5.41) is 3.25. The Balaban J connectivity index is 1.77. The number of hydrogen-bond acceptors (Lipinski definition) is 3. The minimum Gasteiger partial charge on any atom is -0.378 e. The van der Waals surface area contributed by atoms with E-state index in [1.54, 1.807) is 0 Å². The van der Waals surface area contributed by atoms with Crippen LogP contribution in [0.1, 0.15) is 17.7 Å². The number of hydrogen-bond donors (Lipinski definition) is 1. The fraction of sp³-hybridized carbons (Fsp3) is 0.583. The van der Waals surface area contributed by atoms with Crippen LogP contribution in [0.25, 0.3) is 0 Å². The Morgan fingerprint density at radius 3 is 3.12 bits per heavy atom. The number of aromatic nitrogens is 1. The van der Waals surface area contributed by atoms with Crippen LogP contribution in [0.3, 0.4) is 0 Å². The number of alkyl halides is 1. The van der Waals surface area contributed by atoms with Crippen LogP contribution in [0.15, 0.2) is 12.1 Å². The summed E-state index contributed by atoms with van der Waals surface area (Å²) in [6, 6.07) is 4.23. The highest BCUT2D eigenvalue weighted by atomic mass is 35.5. The maximum Gasteiger partial charge on any atom is 0.126 e. The maximum atomic E-state index is 5.50. The van der Waals surface area contributed by atoms with Gasteiger partial charge < -0.3 is 10.1 Å². The van der Waals surface area contributed by atoms with Gasteiger partial charge >= 0.3 is 0 Å². The number of nitrogens with zero attached hydrogens (tertiary/aromatic N) is 1. The van der Waals surface area contributed by atoms with E-state index < -0.39 is 0 Å². The molecule has 16 heavy (non-hydrogen) atoms. The average Bonchev–Trinajstić information content (AvgIpc) is 2.76. The summed E-state index contributed by atoms with van der Waals surface area (Å²) < 4.78 is 5.27. The molecule has 1 aliphatic carbocycles. The molecule has 4 heteroatoms. The zero-order valence-electron chi connectivity index (χ0n) is 9.34. The molecule has 0 aromatic carbocycles. The normalized spacial score (nSPS) is 13.8. The minimum absolute atomic E-state index is 0.553. The summed E-state index contributed by atoms with van der Waals surface area (Å²) in [7, 11) is 0. The van der Waals surface area contributed by atoms with Gasteiger partial charge in [0, 0.05) is 18.1 Å². The summed E-state index contributed by atoms with van der Waals surface area (Å²) in [6.07, 6.45) is 3.54.